The van der Waals surface area contributed by atoms with Crippen LogP contribution in [0, 0.1) is 10.1 Å². The average Bonchev–Trinajstić information content (AvgIpc) is 2.77. The predicted octanol–water partition coefficient (Wildman–Crippen LogP) is 2.83. The van der Waals surface area contributed by atoms with Gasteiger partial charge in [-0.2, -0.15) is 0 Å². The first-order valence-electron chi connectivity index (χ1n) is 10.6. The summed E-state index contributed by atoms with van der Waals surface area (Å²) in [7, 11) is -3.55. The van der Waals surface area contributed by atoms with E-state index < -0.39 is 14.8 Å². The molecular formula is C22H28N4O5S. The Balaban J connectivity index is 1.50. The maximum Gasteiger partial charge on any atom is 0.293 e. The van der Waals surface area contributed by atoms with Crippen molar-refractivity contribution in [3.63, 3.8) is 0 Å². The summed E-state index contributed by atoms with van der Waals surface area (Å²) >= 11 is 0. The number of carbonyl (C=O) groups excluding carboxylic acids is 1. The van der Waals surface area contributed by atoms with Gasteiger partial charge in [0.2, 0.25) is 0 Å². The first kappa shape index (κ1) is 23.7. The maximum atomic E-state index is 12.4. The van der Waals surface area contributed by atoms with Gasteiger partial charge >= 0.3 is 0 Å². The highest BCUT2D eigenvalue weighted by Gasteiger charge is 2.18. The lowest BCUT2D eigenvalue weighted by Gasteiger charge is -2.26. The normalized spacial score (nSPS) is 14.7. The molecule has 0 saturated carbocycles. The zero-order chi connectivity index (χ0) is 23.1. The Bertz CT molecular complexity index is 1060. The topological polar surface area (TPSA) is 122 Å². The Morgan fingerprint density at radius 3 is 2.38 bits per heavy atom. The summed E-state index contributed by atoms with van der Waals surface area (Å²) in [5, 5.41) is 16.9. The number of piperidine rings is 1. The number of nitro benzene ring substituents is 1. The van der Waals surface area contributed by atoms with Crippen molar-refractivity contribution in [1.82, 2.24) is 10.2 Å². The molecule has 2 N–H and O–H groups in total. The second-order valence-electron chi connectivity index (χ2n) is 7.92. The van der Waals surface area contributed by atoms with Crippen LogP contribution in [-0.2, 0) is 16.4 Å². The summed E-state index contributed by atoms with van der Waals surface area (Å²) in [6.45, 7) is 3.62. The second kappa shape index (κ2) is 10.6. The van der Waals surface area contributed by atoms with Crippen molar-refractivity contribution >= 4 is 27.1 Å². The van der Waals surface area contributed by atoms with Crippen molar-refractivity contribution in [2.45, 2.75) is 30.7 Å². The van der Waals surface area contributed by atoms with Crippen LogP contribution in [0.15, 0.2) is 47.4 Å². The number of amides is 1. The van der Waals surface area contributed by atoms with Crippen molar-refractivity contribution in [2.75, 3.05) is 37.8 Å². The standard InChI is InChI=1S/C22H28N4O5S/c1-32(30,31)19-9-10-20(21(15-19)26(28)29)23-11-12-24-22(27)18-7-5-17(6-8-18)16-25-13-3-2-4-14-25/h5-10,15,23H,2-4,11-14,16H2,1H3,(H,24,27). The second-order valence-corrected chi connectivity index (χ2v) is 9.94. The lowest BCUT2D eigenvalue weighted by atomic mass is 10.1. The molecule has 1 fully saturated rings. The zero-order valence-corrected chi connectivity index (χ0v) is 18.9. The Hall–Kier alpha value is -2.98. The lowest BCUT2D eigenvalue weighted by Crippen LogP contribution is -2.29. The van der Waals surface area contributed by atoms with Crippen LogP contribution in [0.5, 0.6) is 0 Å². The molecule has 1 saturated heterocycles. The van der Waals surface area contributed by atoms with Gasteiger partial charge in [-0.25, -0.2) is 8.42 Å². The molecule has 0 atom stereocenters. The number of rotatable bonds is 9. The van der Waals surface area contributed by atoms with E-state index in [1.807, 2.05) is 12.1 Å². The molecule has 3 rings (SSSR count). The molecule has 0 bridgehead atoms. The average molecular weight is 461 g/mol. The number of nitro groups is 1. The minimum atomic E-state index is -3.55. The number of benzene rings is 2. The molecule has 0 spiro atoms. The van der Waals surface area contributed by atoms with Crippen molar-refractivity contribution in [2.24, 2.45) is 0 Å². The largest absolute Gasteiger partial charge is 0.378 e. The molecule has 10 heteroatoms. The van der Waals surface area contributed by atoms with Gasteiger partial charge in [0, 0.05) is 37.5 Å². The number of nitrogens with one attached hydrogen (secondary N) is 2. The van der Waals surface area contributed by atoms with E-state index in [-0.39, 0.29) is 35.3 Å². The molecule has 2 aromatic carbocycles. The van der Waals surface area contributed by atoms with Crippen LogP contribution in [0.4, 0.5) is 11.4 Å². The van der Waals surface area contributed by atoms with E-state index in [4.69, 9.17) is 0 Å². The number of likely N-dealkylation sites (tertiary alicyclic amines) is 1. The minimum Gasteiger partial charge on any atom is -0.378 e. The Kier molecular flexibility index (Phi) is 7.81. The van der Waals surface area contributed by atoms with Crippen LogP contribution < -0.4 is 10.6 Å². The smallest absolute Gasteiger partial charge is 0.293 e. The number of sulfone groups is 1. The van der Waals surface area contributed by atoms with Gasteiger partial charge in [0.25, 0.3) is 11.6 Å². The maximum absolute atomic E-state index is 12.4. The third-order valence-corrected chi connectivity index (χ3v) is 6.50. The number of hydrogen-bond donors (Lipinski definition) is 2. The molecule has 1 heterocycles. The SMILES string of the molecule is CS(=O)(=O)c1ccc(NCCNC(=O)c2ccc(CN3CCCCC3)cc2)c([N+](=O)[O-])c1. The fraction of sp³-hybridized carbons (Fsp3) is 0.409. The summed E-state index contributed by atoms with van der Waals surface area (Å²) in [4.78, 5) is 25.3. The highest BCUT2D eigenvalue weighted by atomic mass is 32.2. The first-order chi connectivity index (χ1) is 15.2. The van der Waals surface area contributed by atoms with E-state index in [0.29, 0.717) is 5.56 Å². The van der Waals surface area contributed by atoms with Crippen molar-refractivity contribution < 1.29 is 18.1 Å². The van der Waals surface area contributed by atoms with Gasteiger partial charge in [0.15, 0.2) is 9.84 Å². The predicted molar refractivity (Wildman–Crippen MR) is 123 cm³/mol. The van der Waals surface area contributed by atoms with Crippen molar-refractivity contribution in [3.8, 4) is 0 Å². The summed E-state index contributed by atoms with van der Waals surface area (Å²) in [5.41, 5.74) is 1.59. The molecule has 172 valence electrons. The van der Waals surface area contributed by atoms with Crippen LogP contribution in [0.3, 0.4) is 0 Å². The molecular weight excluding hydrogens is 432 g/mol. The van der Waals surface area contributed by atoms with E-state index in [0.717, 1.165) is 32.0 Å². The molecule has 0 unspecified atom stereocenters. The molecule has 0 aliphatic carbocycles. The van der Waals surface area contributed by atoms with Gasteiger partial charge < -0.3 is 10.6 Å². The minimum absolute atomic E-state index is 0.119. The molecule has 32 heavy (non-hydrogen) atoms. The molecule has 1 aliphatic rings. The van der Waals surface area contributed by atoms with Crippen molar-refractivity contribution in [1.29, 1.82) is 0 Å². The fourth-order valence-electron chi connectivity index (χ4n) is 3.66. The third-order valence-electron chi connectivity index (χ3n) is 5.39. The lowest BCUT2D eigenvalue weighted by molar-refractivity contribution is -0.384. The van der Waals surface area contributed by atoms with E-state index >= 15 is 0 Å². The summed E-state index contributed by atoms with van der Waals surface area (Å²) in [6, 6.07) is 11.2. The van der Waals surface area contributed by atoms with Gasteiger partial charge in [-0.1, -0.05) is 18.6 Å². The quantitative estimate of drug-likeness (QED) is 0.335. The van der Waals surface area contributed by atoms with Crippen LogP contribution in [0.25, 0.3) is 0 Å². The monoisotopic (exact) mass is 460 g/mol. The van der Waals surface area contributed by atoms with E-state index in [1.165, 1.54) is 37.0 Å². The number of carbonyl (C=O) groups is 1. The van der Waals surface area contributed by atoms with Gasteiger partial charge in [0.1, 0.15) is 5.69 Å². The molecule has 0 radical (unpaired) electrons. The molecule has 1 amide bonds. The van der Waals surface area contributed by atoms with Crippen molar-refractivity contribution in [3.05, 3.63) is 63.7 Å². The van der Waals surface area contributed by atoms with Gasteiger partial charge in [-0.15, -0.1) is 0 Å². The number of nitrogens with zero attached hydrogens (tertiary/aromatic N) is 2. The molecule has 2 aromatic rings. The summed E-state index contributed by atoms with van der Waals surface area (Å²) < 4.78 is 23.2. The van der Waals surface area contributed by atoms with Gasteiger partial charge in [-0.05, 0) is 55.8 Å². The Morgan fingerprint density at radius 1 is 1.06 bits per heavy atom. The van der Waals surface area contributed by atoms with Gasteiger partial charge in [0.05, 0.1) is 9.82 Å². The van der Waals surface area contributed by atoms with Crippen LogP contribution in [0.1, 0.15) is 35.2 Å². The van der Waals surface area contributed by atoms with E-state index in [1.54, 1.807) is 12.1 Å². The highest BCUT2D eigenvalue weighted by Crippen LogP contribution is 2.27. The Morgan fingerprint density at radius 2 is 1.75 bits per heavy atom. The summed E-state index contributed by atoms with van der Waals surface area (Å²) in [5.74, 6) is -0.224. The molecule has 0 aromatic heterocycles. The van der Waals surface area contributed by atoms with Crippen LogP contribution in [-0.4, -0.2) is 56.6 Å². The van der Waals surface area contributed by atoms with Gasteiger partial charge in [-0.3, -0.25) is 19.8 Å². The van der Waals surface area contributed by atoms with E-state index in [2.05, 4.69) is 15.5 Å². The number of anilines is 1. The third kappa shape index (κ3) is 6.51. The Labute approximate surface area is 187 Å². The first-order valence-corrected chi connectivity index (χ1v) is 12.4. The molecule has 9 nitrogen and oxygen atoms in total. The van der Waals surface area contributed by atoms with Crippen LogP contribution >= 0.6 is 0 Å². The zero-order valence-electron chi connectivity index (χ0n) is 18.0. The molecule has 1 aliphatic heterocycles. The number of hydrogen-bond acceptors (Lipinski definition) is 7. The van der Waals surface area contributed by atoms with Crippen LogP contribution in [0.2, 0.25) is 0 Å². The van der Waals surface area contributed by atoms with E-state index in [9.17, 15) is 23.3 Å². The highest BCUT2D eigenvalue weighted by molar-refractivity contribution is 7.90. The summed E-state index contributed by atoms with van der Waals surface area (Å²) in [6.07, 6.45) is 4.76. The fourth-order valence-corrected chi connectivity index (χ4v) is 4.30.